The van der Waals surface area contributed by atoms with Gasteiger partial charge in [0.05, 0.1) is 18.7 Å². The zero-order valence-electron chi connectivity index (χ0n) is 14.2. The van der Waals surface area contributed by atoms with Crippen molar-refractivity contribution >= 4 is 23.7 Å². The third kappa shape index (κ3) is 7.38. The summed E-state index contributed by atoms with van der Waals surface area (Å²) in [4.78, 5) is 46.3. The van der Waals surface area contributed by atoms with Crippen molar-refractivity contribution in [1.82, 2.24) is 16.0 Å². The predicted octanol–water partition coefficient (Wildman–Crippen LogP) is -2.46. The van der Waals surface area contributed by atoms with Crippen LogP contribution in [0.15, 0.2) is 0 Å². The smallest absolute Gasteiger partial charge is 0.328 e. The number of amides is 3. The molecule has 0 saturated carbocycles. The topological polar surface area (TPSA) is 171 Å². The number of nitrogens with two attached hydrogens (primary N) is 1. The van der Waals surface area contributed by atoms with E-state index in [0.717, 1.165) is 0 Å². The first-order valence-corrected chi connectivity index (χ1v) is 7.51. The minimum atomic E-state index is -1.49. The Bertz CT molecular complexity index is 478. The van der Waals surface area contributed by atoms with E-state index < -0.39 is 47.9 Å². The molecule has 24 heavy (non-hydrogen) atoms. The number of carbonyl (C=O) groups is 4. The van der Waals surface area contributed by atoms with Crippen LogP contribution in [-0.4, -0.2) is 64.7 Å². The van der Waals surface area contributed by atoms with Crippen LogP contribution in [0, 0.1) is 5.92 Å². The number of hydrogen-bond acceptors (Lipinski definition) is 6. The maximum Gasteiger partial charge on any atom is 0.328 e. The quantitative estimate of drug-likeness (QED) is 0.269. The number of aliphatic hydroxyl groups excluding tert-OH is 1. The summed E-state index contributed by atoms with van der Waals surface area (Å²) in [6.07, 6.45) is -1.31. The van der Waals surface area contributed by atoms with Gasteiger partial charge in [0.25, 0.3) is 0 Å². The minimum absolute atomic E-state index is 0.346. The molecule has 0 rings (SSSR count). The number of carboxylic acids is 1. The number of aliphatic hydroxyl groups is 1. The van der Waals surface area contributed by atoms with Crippen LogP contribution in [0.3, 0.4) is 0 Å². The van der Waals surface area contributed by atoms with Gasteiger partial charge in [0, 0.05) is 0 Å². The van der Waals surface area contributed by atoms with E-state index in [1.54, 1.807) is 13.8 Å². The molecular weight excluding hydrogens is 320 g/mol. The zero-order valence-corrected chi connectivity index (χ0v) is 14.2. The van der Waals surface area contributed by atoms with Crippen LogP contribution in [0.4, 0.5) is 0 Å². The normalized spacial score (nSPS) is 15.8. The average molecular weight is 346 g/mol. The fourth-order valence-corrected chi connectivity index (χ4v) is 1.72. The molecule has 10 heteroatoms. The molecule has 0 bridgehead atoms. The molecule has 4 unspecified atom stereocenters. The lowest BCUT2D eigenvalue weighted by molar-refractivity contribution is -0.145. The molecule has 0 radical (unpaired) electrons. The standard InChI is InChI=1S/C14H26N4O6/c1-6(2)10(13(22)18-11(8(4)19)14(23)24)17-9(20)5-16-12(21)7(3)15/h6-8,10-11,19H,5,15H2,1-4H3,(H,16,21)(H,17,20)(H,18,22)(H,23,24). The molecule has 0 aliphatic carbocycles. The fraction of sp³-hybridized carbons (Fsp3) is 0.714. The lowest BCUT2D eigenvalue weighted by atomic mass is 10.0. The Balaban J connectivity index is 4.79. The van der Waals surface area contributed by atoms with Crippen LogP contribution in [-0.2, 0) is 19.2 Å². The lowest BCUT2D eigenvalue weighted by Crippen LogP contribution is -2.57. The second kappa shape index (κ2) is 9.83. The van der Waals surface area contributed by atoms with Gasteiger partial charge in [-0.05, 0) is 19.8 Å². The number of rotatable bonds is 9. The third-order valence-electron chi connectivity index (χ3n) is 3.15. The van der Waals surface area contributed by atoms with Gasteiger partial charge in [-0.2, -0.15) is 0 Å². The van der Waals surface area contributed by atoms with Crippen molar-refractivity contribution in [3.05, 3.63) is 0 Å². The van der Waals surface area contributed by atoms with E-state index in [-0.39, 0.29) is 12.5 Å². The van der Waals surface area contributed by atoms with E-state index in [0.29, 0.717) is 0 Å². The molecule has 0 aromatic rings. The third-order valence-corrected chi connectivity index (χ3v) is 3.15. The maximum atomic E-state index is 12.2. The molecule has 0 aliphatic heterocycles. The van der Waals surface area contributed by atoms with Crippen LogP contribution in [0.25, 0.3) is 0 Å². The summed E-state index contributed by atoms with van der Waals surface area (Å²) in [5.74, 6) is -3.62. The second-order valence-corrected chi connectivity index (χ2v) is 5.86. The molecule has 3 amide bonds. The number of aliphatic carboxylic acids is 1. The van der Waals surface area contributed by atoms with Gasteiger partial charge in [-0.3, -0.25) is 14.4 Å². The molecule has 10 nitrogen and oxygen atoms in total. The molecule has 0 aromatic carbocycles. The Morgan fingerprint density at radius 1 is 0.958 bits per heavy atom. The Morgan fingerprint density at radius 2 is 1.50 bits per heavy atom. The Hall–Kier alpha value is -2.20. The monoisotopic (exact) mass is 346 g/mol. The van der Waals surface area contributed by atoms with Crippen molar-refractivity contribution in [2.75, 3.05) is 6.54 Å². The lowest BCUT2D eigenvalue weighted by Gasteiger charge is -2.25. The summed E-state index contributed by atoms with van der Waals surface area (Å²) in [5, 5.41) is 25.2. The number of carbonyl (C=O) groups excluding carboxylic acids is 3. The largest absolute Gasteiger partial charge is 0.480 e. The molecule has 7 N–H and O–H groups in total. The van der Waals surface area contributed by atoms with Crippen molar-refractivity contribution < 1.29 is 29.4 Å². The summed E-state index contributed by atoms with van der Waals surface area (Å²) in [7, 11) is 0. The first-order chi connectivity index (χ1) is 11.0. The second-order valence-electron chi connectivity index (χ2n) is 5.86. The highest BCUT2D eigenvalue weighted by Gasteiger charge is 2.30. The fourth-order valence-electron chi connectivity index (χ4n) is 1.72. The molecule has 138 valence electrons. The first-order valence-electron chi connectivity index (χ1n) is 7.51. The van der Waals surface area contributed by atoms with Gasteiger partial charge in [-0.15, -0.1) is 0 Å². The highest BCUT2D eigenvalue weighted by molar-refractivity contribution is 5.92. The highest BCUT2D eigenvalue weighted by atomic mass is 16.4. The van der Waals surface area contributed by atoms with Gasteiger partial charge in [-0.25, -0.2) is 4.79 Å². The van der Waals surface area contributed by atoms with Crippen LogP contribution < -0.4 is 21.7 Å². The van der Waals surface area contributed by atoms with Gasteiger partial charge >= 0.3 is 5.97 Å². The van der Waals surface area contributed by atoms with Gasteiger partial charge in [0.15, 0.2) is 6.04 Å². The summed E-state index contributed by atoms with van der Waals surface area (Å²) in [6, 6.07) is -3.29. The highest BCUT2D eigenvalue weighted by Crippen LogP contribution is 2.04. The van der Waals surface area contributed by atoms with E-state index >= 15 is 0 Å². The van der Waals surface area contributed by atoms with Crippen LogP contribution in [0.1, 0.15) is 27.7 Å². The summed E-state index contributed by atoms with van der Waals surface area (Å²) < 4.78 is 0. The predicted molar refractivity (Wildman–Crippen MR) is 84.7 cm³/mol. The van der Waals surface area contributed by atoms with E-state index in [1.807, 2.05) is 0 Å². The number of carboxylic acid groups (broad SMARTS) is 1. The Morgan fingerprint density at radius 3 is 1.88 bits per heavy atom. The minimum Gasteiger partial charge on any atom is -0.480 e. The average Bonchev–Trinajstić information content (AvgIpc) is 2.46. The Labute approximate surface area is 140 Å². The molecule has 0 fully saturated rings. The van der Waals surface area contributed by atoms with Crippen molar-refractivity contribution in [2.45, 2.75) is 51.9 Å². The van der Waals surface area contributed by atoms with E-state index in [1.165, 1.54) is 13.8 Å². The van der Waals surface area contributed by atoms with Gasteiger partial charge in [0.2, 0.25) is 17.7 Å². The number of nitrogens with one attached hydrogen (secondary N) is 3. The van der Waals surface area contributed by atoms with Crippen LogP contribution in [0.5, 0.6) is 0 Å². The molecule has 0 saturated heterocycles. The molecule has 0 aliphatic rings. The SMILES string of the molecule is CC(N)C(=O)NCC(=O)NC(C(=O)NC(C(=O)O)C(C)O)C(C)C. The maximum absolute atomic E-state index is 12.2. The van der Waals surface area contributed by atoms with Crippen LogP contribution in [0.2, 0.25) is 0 Å². The van der Waals surface area contributed by atoms with Crippen LogP contribution >= 0.6 is 0 Å². The number of hydrogen-bond donors (Lipinski definition) is 6. The van der Waals surface area contributed by atoms with Crippen molar-refractivity contribution in [1.29, 1.82) is 0 Å². The molecular formula is C14H26N4O6. The van der Waals surface area contributed by atoms with Gasteiger partial charge < -0.3 is 31.9 Å². The molecule has 0 aromatic heterocycles. The van der Waals surface area contributed by atoms with Crippen molar-refractivity contribution in [3.63, 3.8) is 0 Å². The van der Waals surface area contributed by atoms with Crippen molar-refractivity contribution in [3.8, 4) is 0 Å². The van der Waals surface area contributed by atoms with Gasteiger partial charge in [-0.1, -0.05) is 13.8 Å². The molecule has 0 spiro atoms. The summed E-state index contributed by atoms with van der Waals surface area (Å²) in [5.41, 5.74) is 5.34. The molecule has 0 heterocycles. The van der Waals surface area contributed by atoms with E-state index in [9.17, 15) is 24.3 Å². The molecule has 4 atom stereocenters. The van der Waals surface area contributed by atoms with E-state index in [2.05, 4.69) is 16.0 Å². The Kier molecular flexibility index (Phi) is 8.93. The summed E-state index contributed by atoms with van der Waals surface area (Å²) in [6.45, 7) is 5.63. The van der Waals surface area contributed by atoms with E-state index in [4.69, 9.17) is 10.8 Å². The summed E-state index contributed by atoms with van der Waals surface area (Å²) >= 11 is 0. The zero-order chi connectivity index (χ0) is 19.0. The van der Waals surface area contributed by atoms with Gasteiger partial charge in [0.1, 0.15) is 6.04 Å². The van der Waals surface area contributed by atoms with Crippen molar-refractivity contribution in [2.24, 2.45) is 11.7 Å². The first kappa shape index (κ1) is 21.8.